The van der Waals surface area contributed by atoms with Gasteiger partial charge in [-0.3, -0.25) is 4.79 Å². The molecule has 22 heavy (non-hydrogen) atoms. The zero-order valence-corrected chi connectivity index (χ0v) is 12.7. The highest BCUT2D eigenvalue weighted by molar-refractivity contribution is 6.08. The SMILES string of the molecule is CO/N=C/c1ccc(C(=O)N2c3ccccc3CC2C)cc1. The number of para-hydroxylation sites is 1. The van der Waals surface area contributed by atoms with Gasteiger partial charge < -0.3 is 9.74 Å². The Hall–Kier alpha value is -2.62. The van der Waals surface area contributed by atoms with Crippen molar-refractivity contribution in [3.63, 3.8) is 0 Å². The molecule has 0 bridgehead atoms. The summed E-state index contributed by atoms with van der Waals surface area (Å²) >= 11 is 0. The minimum Gasteiger partial charge on any atom is -0.399 e. The molecule has 2 aromatic rings. The molecule has 1 unspecified atom stereocenters. The fraction of sp³-hybridized carbons (Fsp3) is 0.222. The third kappa shape index (κ3) is 2.60. The van der Waals surface area contributed by atoms with E-state index in [4.69, 9.17) is 0 Å². The van der Waals surface area contributed by atoms with Crippen LogP contribution in [-0.2, 0) is 11.3 Å². The lowest BCUT2D eigenvalue weighted by Gasteiger charge is -2.22. The van der Waals surface area contributed by atoms with Crippen molar-refractivity contribution in [2.24, 2.45) is 5.16 Å². The fourth-order valence-electron chi connectivity index (χ4n) is 2.84. The van der Waals surface area contributed by atoms with Gasteiger partial charge in [0.05, 0.1) is 6.21 Å². The third-order valence-corrected chi connectivity index (χ3v) is 3.89. The highest BCUT2D eigenvalue weighted by atomic mass is 16.6. The summed E-state index contributed by atoms with van der Waals surface area (Å²) in [5, 5.41) is 3.72. The van der Waals surface area contributed by atoms with E-state index >= 15 is 0 Å². The van der Waals surface area contributed by atoms with Gasteiger partial charge in [0.1, 0.15) is 7.11 Å². The van der Waals surface area contributed by atoms with E-state index in [1.807, 2.05) is 47.4 Å². The number of fused-ring (bicyclic) bond motifs is 1. The molecule has 1 amide bonds. The summed E-state index contributed by atoms with van der Waals surface area (Å²) in [7, 11) is 1.50. The van der Waals surface area contributed by atoms with Crippen molar-refractivity contribution >= 4 is 17.8 Å². The summed E-state index contributed by atoms with van der Waals surface area (Å²) < 4.78 is 0. The van der Waals surface area contributed by atoms with Crippen molar-refractivity contribution in [3.8, 4) is 0 Å². The lowest BCUT2D eigenvalue weighted by atomic mass is 10.1. The van der Waals surface area contributed by atoms with Crippen LogP contribution in [0.15, 0.2) is 53.7 Å². The molecule has 1 aliphatic heterocycles. The molecule has 0 spiro atoms. The molecule has 0 saturated heterocycles. The van der Waals surface area contributed by atoms with E-state index in [-0.39, 0.29) is 11.9 Å². The maximum Gasteiger partial charge on any atom is 0.258 e. The molecule has 0 fully saturated rings. The highest BCUT2D eigenvalue weighted by Gasteiger charge is 2.30. The predicted molar refractivity (Wildman–Crippen MR) is 87.5 cm³/mol. The Balaban J connectivity index is 1.86. The van der Waals surface area contributed by atoms with E-state index in [9.17, 15) is 4.79 Å². The van der Waals surface area contributed by atoms with Crippen LogP contribution in [-0.4, -0.2) is 25.3 Å². The van der Waals surface area contributed by atoms with Crippen LogP contribution in [0.5, 0.6) is 0 Å². The van der Waals surface area contributed by atoms with Gasteiger partial charge in [-0.1, -0.05) is 35.5 Å². The van der Waals surface area contributed by atoms with Gasteiger partial charge in [0, 0.05) is 17.3 Å². The van der Waals surface area contributed by atoms with Crippen molar-refractivity contribution in [1.82, 2.24) is 0 Å². The summed E-state index contributed by atoms with van der Waals surface area (Å²) in [4.78, 5) is 19.3. The van der Waals surface area contributed by atoms with Gasteiger partial charge in [-0.05, 0) is 42.7 Å². The van der Waals surface area contributed by atoms with Crippen LogP contribution >= 0.6 is 0 Å². The van der Waals surface area contributed by atoms with Gasteiger partial charge in [-0.2, -0.15) is 0 Å². The Bertz CT molecular complexity index is 707. The van der Waals surface area contributed by atoms with Crippen molar-refractivity contribution in [3.05, 3.63) is 65.2 Å². The van der Waals surface area contributed by atoms with Gasteiger partial charge in [0.2, 0.25) is 0 Å². The number of hydrogen-bond acceptors (Lipinski definition) is 3. The minimum absolute atomic E-state index is 0.0349. The monoisotopic (exact) mass is 294 g/mol. The maximum atomic E-state index is 12.8. The van der Waals surface area contributed by atoms with E-state index in [1.165, 1.54) is 12.7 Å². The average Bonchev–Trinajstić information content (AvgIpc) is 2.88. The number of benzene rings is 2. The molecule has 2 aromatic carbocycles. The first-order valence-electron chi connectivity index (χ1n) is 7.29. The molecule has 0 aliphatic carbocycles. The lowest BCUT2D eigenvalue weighted by Crippen LogP contribution is -2.35. The molecular weight excluding hydrogens is 276 g/mol. The fourth-order valence-corrected chi connectivity index (χ4v) is 2.84. The first-order chi connectivity index (χ1) is 10.7. The molecule has 0 aromatic heterocycles. The zero-order valence-electron chi connectivity index (χ0n) is 12.7. The van der Waals surface area contributed by atoms with E-state index in [1.54, 1.807) is 6.21 Å². The Morgan fingerprint density at radius 1 is 1.23 bits per heavy atom. The molecule has 112 valence electrons. The lowest BCUT2D eigenvalue weighted by molar-refractivity contribution is 0.0981. The van der Waals surface area contributed by atoms with Crippen molar-refractivity contribution in [2.75, 3.05) is 12.0 Å². The molecule has 4 heteroatoms. The molecule has 1 heterocycles. The quantitative estimate of drug-likeness (QED) is 0.644. The highest BCUT2D eigenvalue weighted by Crippen LogP contribution is 2.32. The second kappa shape index (κ2) is 6.02. The van der Waals surface area contributed by atoms with Crippen LogP contribution in [0.2, 0.25) is 0 Å². The van der Waals surface area contributed by atoms with Gasteiger partial charge in [-0.15, -0.1) is 0 Å². The van der Waals surface area contributed by atoms with Crippen LogP contribution in [0, 0.1) is 0 Å². The Morgan fingerprint density at radius 2 is 1.95 bits per heavy atom. The van der Waals surface area contributed by atoms with Crippen LogP contribution < -0.4 is 4.90 Å². The molecule has 0 radical (unpaired) electrons. The predicted octanol–water partition coefficient (Wildman–Crippen LogP) is 3.26. The number of hydrogen-bond donors (Lipinski definition) is 0. The maximum absolute atomic E-state index is 12.8. The van der Waals surface area contributed by atoms with E-state index in [2.05, 4.69) is 23.0 Å². The molecule has 3 rings (SSSR count). The van der Waals surface area contributed by atoms with Gasteiger partial charge in [0.15, 0.2) is 0 Å². The molecular formula is C18H18N2O2. The van der Waals surface area contributed by atoms with Crippen LogP contribution in [0.4, 0.5) is 5.69 Å². The number of amides is 1. The van der Waals surface area contributed by atoms with Crippen molar-refractivity contribution in [2.45, 2.75) is 19.4 Å². The van der Waals surface area contributed by atoms with Gasteiger partial charge in [0.25, 0.3) is 5.91 Å². The topological polar surface area (TPSA) is 41.9 Å². The Labute approximate surface area is 130 Å². The van der Waals surface area contributed by atoms with Gasteiger partial charge >= 0.3 is 0 Å². The van der Waals surface area contributed by atoms with E-state index < -0.39 is 0 Å². The zero-order chi connectivity index (χ0) is 15.5. The second-order valence-electron chi connectivity index (χ2n) is 5.40. The smallest absolute Gasteiger partial charge is 0.258 e. The first kappa shape index (κ1) is 14.3. The molecule has 4 nitrogen and oxygen atoms in total. The number of nitrogens with zero attached hydrogens (tertiary/aromatic N) is 2. The second-order valence-corrected chi connectivity index (χ2v) is 5.40. The summed E-state index contributed by atoms with van der Waals surface area (Å²) in [6.07, 6.45) is 2.52. The minimum atomic E-state index is 0.0349. The molecule has 1 aliphatic rings. The summed E-state index contributed by atoms with van der Waals surface area (Å²) in [6.45, 7) is 2.08. The number of carbonyl (C=O) groups excluding carboxylic acids is 1. The first-order valence-corrected chi connectivity index (χ1v) is 7.29. The third-order valence-electron chi connectivity index (χ3n) is 3.89. The van der Waals surface area contributed by atoms with Crippen molar-refractivity contribution < 1.29 is 9.63 Å². The van der Waals surface area contributed by atoms with Crippen LogP contribution in [0.3, 0.4) is 0 Å². The number of rotatable bonds is 3. The summed E-state index contributed by atoms with van der Waals surface area (Å²) in [6, 6.07) is 15.6. The number of carbonyl (C=O) groups is 1. The molecule has 1 atom stereocenters. The van der Waals surface area contributed by atoms with Gasteiger partial charge in [-0.25, -0.2) is 0 Å². The van der Waals surface area contributed by atoms with E-state index in [0.717, 1.165) is 17.7 Å². The largest absolute Gasteiger partial charge is 0.399 e. The molecule has 0 saturated carbocycles. The Morgan fingerprint density at radius 3 is 2.68 bits per heavy atom. The number of oxime groups is 1. The Kier molecular flexibility index (Phi) is 3.92. The van der Waals surface area contributed by atoms with E-state index in [0.29, 0.717) is 5.56 Å². The number of anilines is 1. The van der Waals surface area contributed by atoms with Crippen molar-refractivity contribution in [1.29, 1.82) is 0 Å². The van der Waals surface area contributed by atoms with Crippen LogP contribution in [0.25, 0.3) is 0 Å². The normalized spacial score (nSPS) is 16.8. The average molecular weight is 294 g/mol. The van der Waals surface area contributed by atoms with Crippen LogP contribution in [0.1, 0.15) is 28.4 Å². The molecule has 0 N–H and O–H groups in total. The summed E-state index contributed by atoms with van der Waals surface area (Å²) in [5.74, 6) is 0.0349. The standard InChI is InChI=1S/C18H18N2O2/c1-13-11-16-5-3-4-6-17(16)20(13)18(21)15-9-7-14(8-10-15)12-19-22-2/h3-10,12-13H,11H2,1-2H3/b19-12+. The summed E-state index contributed by atoms with van der Waals surface area (Å²) in [5.41, 5.74) is 3.82.